The molecular weight excluding hydrogens is 244 g/mol. The van der Waals surface area contributed by atoms with E-state index in [1.165, 1.54) is 0 Å². The van der Waals surface area contributed by atoms with E-state index in [9.17, 15) is 4.79 Å². The first-order valence-electron chi connectivity index (χ1n) is 6.41. The number of nitrogens with one attached hydrogen (secondary N) is 1. The average Bonchev–Trinajstić information content (AvgIpc) is 3.22. The molecule has 1 atom stereocenters. The third-order valence-electron chi connectivity index (χ3n) is 3.33. The number of rotatable bonds is 6. The van der Waals surface area contributed by atoms with Crippen LogP contribution in [0.25, 0.3) is 0 Å². The molecule has 1 aliphatic rings. The molecule has 0 aromatic heterocycles. The van der Waals surface area contributed by atoms with Crippen LogP contribution in [0.2, 0.25) is 0 Å². The van der Waals surface area contributed by atoms with Crippen molar-refractivity contribution in [2.75, 3.05) is 19.5 Å². The first-order valence-corrected chi connectivity index (χ1v) is 6.41. The first kappa shape index (κ1) is 13.7. The Labute approximate surface area is 113 Å². The van der Waals surface area contributed by atoms with E-state index in [0.29, 0.717) is 29.5 Å². The Morgan fingerprint density at radius 2 is 2.16 bits per heavy atom. The summed E-state index contributed by atoms with van der Waals surface area (Å²) in [6, 6.07) is 5.23. The Balaban J connectivity index is 2.01. The molecule has 1 aliphatic carbocycles. The van der Waals surface area contributed by atoms with Gasteiger partial charge in [0.25, 0.3) is 0 Å². The third-order valence-corrected chi connectivity index (χ3v) is 3.33. The zero-order chi connectivity index (χ0) is 13.8. The van der Waals surface area contributed by atoms with Crippen molar-refractivity contribution in [1.82, 2.24) is 0 Å². The largest absolute Gasteiger partial charge is 0.497 e. The van der Waals surface area contributed by atoms with Crippen LogP contribution in [0.1, 0.15) is 19.3 Å². The van der Waals surface area contributed by atoms with Crippen LogP contribution in [0, 0.1) is 5.92 Å². The van der Waals surface area contributed by atoms with Crippen LogP contribution in [-0.4, -0.2) is 26.2 Å². The van der Waals surface area contributed by atoms with Crippen LogP contribution in [0.5, 0.6) is 11.5 Å². The molecule has 0 aliphatic heterocycles. The van der Waals surface area contributed by atoms with Crippen molar-refractivity contribution in [2.24, 2.45) is 11.7 Å². The minimum atomic E-state index is -0.0917. The molecule has 0 spiro atoms. The zero-order valence-corrected chi connectivity index (χ0v) is 11.3. The highest BCUT2D eigenvalue weighted by molar-refractivity contribution is 5.93. The standard InChI is InChI=1S/C14H20N2O3/c1-18-10-5-6-13(19-2)12(7-10)16-14(17)8-11(15)9-3-4-9/h5-7,9,11H,3-4,8,15H2,1-2H3,(H,16,17). The van der Waals surface area contributed by atoms with E-state index in [1.54, 1.807) is 32.4 Å². The summed E-state index contributed by atoms with van der Waals surface area (Å²) in [5, 5.41) is 2.83. The monoisotopic (exact) mass is 264 g/mol. The lowest BCUT2D eigenvalue weighted by atomic mass is 10.1. The van der Waals surface area contributed by atoms with Gasteiger partial charge in [0.1, 0.15) is 11.5 Å². The summed E-state index contributed by atoms with van der Waals surface area (Å²) in [6.45, 7) is 0. The van der Waals surface area contributed by atoms with Gasteiger partial charge in [-0.15, -0.1) is 0 Å². The summed E-state index contributed by atoms with van der Waals surface area (Å²) in [4.78, 5) is 11.9. The lowest BCUT2D eigenvalue weighted by molar-refractivity contribution is -0.116. The molecule has 5 nitrogen and oxygen atoms in total. The predicted molar refractivity (Wildman–Crippen MR) is 73.5 cm³/mol. The van der Waals surface area contributed by atoms with Gasteiger partial charge in [0.15, 0.2) is 0 Å². The number of carbonyl (C=O) groups is 1. The first-order chi connectivity index (χ1) is 9.13. The molecule has 0 bridgehead atoms. The Kier molecular flexibility index (Phi) is 4.27. The highest BCUT2D eigenvalue weighted by Gasteiger charge is 2.29. The quantitative estimate of drug-likeness (QED) is 0.821. The number of hydrogen-bond acceptors (Lipinski definition) is 4. The maximum absolute atomic E-state index is 11.9. The van der Waals surface area contributed by atoms with E-state index in [0.717, 1.165) is 12.8 Å². The fraction of sp³-hybridized carbons (Fsp3) is 0.500. The minimum Gasteiger partial charge on any atom is -0.497 e. The van der Waals surface area contributed by atoms with Crippen LogP contribution in [0.3, 0.4) is 0 Å². The fourth-order valence-corrected chi connectivity index (χ4v) is 2.02. The smallest absolute Gasteiger partial charge is 0.226 e. The van der Waals surface area contributed by atoms with E-state index in [2.05, 4.69) is 5.32 Å². The molecule has 0 radical (unpaired) electrons. The molecule has 1 unspecified atom stereocenters. The van der Waals surface area contributed by atoms with Crippen molar-refractivity contribution >= 4 is 11.6 Å². The second-order valence-corrected chi connectivity index (χ2v) is 4.82. The van der Waals surface area contributed by atoms with Gasteiger partial charge in [0, 0.05) is 18.5 Å². The summed E-state index contributed by atoms with van der Waals surface area (Å²) < 4.78 is 10.3. The highest BCUT2D eigenvalue weighted by Crippen LogP contribution is 2.33. The summed E-state index contributed by atoms with van der Waals surface area (Å²) in [6.07, 6.45) is 2.61. The van der Waals surface area contributed by atoms with Crippen molar-refractivity contribution in [3.8, 4) is 11.5 Å². The molecule has 1 aromatic carbocycles. The van der Waals surface area contributed by atoms with E-state index in [1.807, 2.05) is 0 Å². The molecule has 3 N–H and O–H groups in total. The van der Waals surface area contributed by atoms with E-state index < -0.39 is 0 Å². The molecule has 0 heterocycles. The number of benzene rings is 1. The van der Waals surface area contributed by atoms with Crippen molar-refractivity contribution in [3.63, 3.8) is 0 Å². The Morgan fingerprint density at radius 3 is 2.74 bits per heavy atom. The highest BCUT2D eigenvalue weighted by atomic mass is 16.5. The fourth-order valence-electron chi connectivity index (χ4n) is 2.02. The van der Waals surface area contributed by atoms with Gasteiger partial charge in [-0.05, 0) is 30.9 Å². The van der Waals surface area contributed by atoms with Gasteiger partial charge >= 0.3 is 0 Å². The summed E-state index contributed by atoms with van der Waals surface area (Å²) in [5.41, 5.74) is 6.55. The van der Waals surface area contributed by atoms with Crippen LogP contribution in [-0.2, 0) is 4.79 Å². The SMILES string of the molecule is COc1ccc(OC)c(NC(=O)CC(N)C2CC2)c1. The molecule has 1 aromatic rings. The van der Waals surface area contributed by atoms with Crippen molar-refractivity contribution in [2.45, 2.75) is 25.3 Å². The Hall–Kier alpha value is -1.75. The van der Waals surface area contributed by atoms with Crippen LogP contribution in [0.4, 0.5) is 5.69 Å². The minimum absolute atomic E-state index is 0.0448. The number of amides is 1. The number of hydrogen-bond donors (Lipinski definition) is 2. The van der Waals surface area contributed by atoms with Gasteiger partial charge in [-0.25, -0.2) is 0 Å². The normalized spacial score (nSPS) is 15.7. The van der Waals surface area contributed by atoms with E-state index in [-0.39, 0.29) is 11.9 Å². The number of nitrogens with two attached hydrogens (primary N) is 1. The molecule has 1 saturated carbocycles. The molecule has 1 fully saturated rings. The summed E-state index contributed by atoms with van der Waals surface area (Å²) >= 11 is 0. The summed E-state index contributed by atoms with van der Waals surface area (Å²) in [7, 11) is 3.14. The maximum Gasteiger partial charge on any atom is 0.226 e. The van der Waals surface area contributed by atoms with Crippen molar-refractivity contribution in [3.05, 3.63) is 18.2 Å². The van der Waals surface area contributed by atoms with Gasteiger partial charge in [-0.3, -0.25) is 4.79 Å². The Bertz CT molecular complexity index is 458. The molecule has 104 valence electrons. The topological polar surface area (TPSA) is 73.6 Å². The molecular formula is C14H20N2O3. The van der Waals surface area contributed by atoms with E-state index in [4.69, 9.17) is 15.2 Å². The molecule has 1 amide bonds. The second-order valence-electron chi connectivity index (χ2n) is 4.82. The zero-order valence-electron chi connectivity index (χ0n) is 11.3. The average molecular weight is 264 g/mol. The predicted octanol–water partition coefficient (Wildman–Crippen LogP) is 1.77. The van der Waals surface area contributed by atoms with Crippen molar-refractivity contribution < 1.29 is 14.3 Å². The Morgan fingerprint density at radius 1 is 1.42 bits per heavy atom. The number of ether oxygens (including phenoxy) is 2. The number of methoxy groups -OCH3 is 2. The summed E-state index contributed by atoms with van der Waals surface area (Å²) in [5.74, 6) is 1.70. The van der Waals surface area contributed by atoms with Gasteiger partial charge in [0.05, 0.1) is 19.9 Å². The molecule has 19 heavy (non-hydrogen) atoms. The van der Waals surface area contributed by atoms with E-state index >= 15 is 0 Å². The van der Waals surface area contributed by atoms with Gasteiger partial charge in [0.2, 0.25) is 5.91 Å². The maximum atomic E-state index is 11.9. The molecule has 5 heteroatoms. The number of carbonyl (C=O) groups excluding carboxylic acids is 1. The number of anilines is 1. The molecule has 2 rings (SSSR count). The second kappa shape index (κ2) is 5.93. The van der Waals surface area contributed by atoms with Gasteiger partial charge in [-0.2, -0.15) is 0 Å². The van der Waals surface area contributed by atoms with Crippen LogP contribution < -0.4 is 20.5 Å². The van der Waals surface area contributed by atoms with Gasteiger partial charge in [-0.1, -0.05) is 0 Å². The molecule has 0 saturated heterocycles. The van der Waals surface area contributed by atoms with Crippen molar-refractivity contribution in [1.29, 1.82) is 0 Å². The van der Waals surface area contributed by atoms with Crippen LogP contribution >= 0.6 is 0 Å². The van der Waals surface area contributed by atoms with Gasteiger partial charge < -0.3 is 20.5 Å². The third kappa shape index (κ3) is 3.61. The lowest BCUT2D eigenvalue weighted by Gasteiger charge is -2.13. The van der Waals surface area contributed by atoms with Crippen LogP contribution in [0.15, 0.2) is 18.2 Å². The lowest BCUT2D eigenvalue weighted by Crippen LogP contribution is -2.28.